The second-order valence-electron chi connectivity index (χ2n) is 5.83. The molecule has 2 aromatic rings. The molecule has 0 saturated carbocycles. The largest absolute Gasteiger partial charge is 0.324 e. The highest BCUT2D eigenvalue weighted by atomic mass is 35.5. The molecule has 0 aliphatic heterocycles. The number of likely N-dealkylation sites (N-methyl/N-ethyl adjacent to an activating group) is 1. The highest BCUT2D eigenvalue weighted by molar-refractivity contribution is 6.33. The van der Waals surface area contributed by atoms with Crippen molar-refractivity contribution in [3.8, 4) is 0 Å². The van der Waals surface area contributed by atoms with Gasteiger partial charge in [0, 0.05) is 12.2 Å². The molecule has 2 amide bonds. The first-order valence-electron chi connectivity index (χ1n) is 8.20. The van der Waals surface area contributed by atoms with Crippen molar-refractivity contribution >= 4 is 34.8 Å². The maximum Gasteiger partial charge on any atom is 0.241 e. The average Bonchev–Trinajstić information content (AvgIpc) is 2.62. The minimum Gasteiger partial charge on any atom is -0.324 e. The Hall–Kier alpha value is -2.63. The lowest BCUT2D eigenvalue weighted by Gasteiger charge is -2.24. The van der Waals surface area contributed by atoms with Gasteiger partial charge in [-0.2, -0.15) is 0 Å². The predicted molar refractivity (Wildman–Crippen MR) is 107 cm³/mol. The molecule has 136 valence electrons. The van der Waals surface area contributed by atoms with Crippen LogP contribution in [0.4, 0.5) is 11.4 Å². The number of nitrogens with zero attached hydrogens (tertiary/aromatic N) is 2. The lowest BCUT2D eigenvalue weighted by Crippen LogP contribution is -2.41. The molecule has 1 N–H and O–H groups in total. The summed E-state index contributed by atoms with van der Waals surface area (Å²) < 4.78 is 0. The molecule has 0 spiro atoms. The summed E-state index contributed by atoms with van der Waals surface area (Å²) in [6, 6.07) is 16.4. The van der Waals surface area contributed by atoms with Crippen molar-refractivity contribution in [3.05, 3.63) is 72.3 Å². The lowest BCUT2D eigenvalue weighted by molar-refractivity contribution is -0.120. The lowest BCUT2D eigenvalue weighted by atomic mass is 10.2. The fourth-order valence-corrected chi connectivity index (χ4v) is 2.64. The van der Waals surface area contributed by atoms with E-state index in [4.69, 9.17) is 11.6 Å². The number of benzene rings is 2. The molecule has 0 aliphatic carbocycles. The highest BCUT2D eigenvalue weighted by Gasteiger charge is 2.18. The van der Waals surface area contributed by atoms with Crippen LogP contribution in [0.2, 0.25) is 5.02 Å². The Morgan fingerprint density at radius 1 is 1.08 bits per heavy atom. The van der Waals surface area contributed by atoms with Gasteiger partial charge in [-0.15, -0.1) is 6.58 Å². The van der Waals surface area contributed by atoms with Crippen LogP contribution < -0.4 is 10.2 Å². The SMILES string of the molecule is C=CCN(C(=O)CN(C)CC(=O)Nc1ccccc1Cl)c1ccccc1. The van der Waals surface area contributed by atoms with Crippen molar-refractivity contribution in [3.63, 3.8) is 0 Å². The Bertz CT molecular complexity index is 765. The van der Waals surface area contributed by atoms with Crippen molar-refractivity contribution in [2.75, 3.05) is 36.9 Å². The van der Waals surface area contributed by atoms with Gasteiger partial charge in [0.15, 0.2) is 0 Å². The van der Waals surface area contributed by atoms with E-state index in [1.165, 1.54) is 0 Å². The third-order valence-electron chi connectivity index (χ3n) is 3.65. The Kier molecular flexibility index (Phi) is 7.38. The molecule has 0 fully saturated rings. The molecule has 0 unspecified atom stereocenters. The van der Waals surface area contributed by atoms with Crippen LogP contribution in [0.25, 0.3) is 0 Å². The van der Waals surface area contributed by atoms with E-state index in [1.807, 2.05) is 30.3 Å². The molecule has 0 radical (unpaired) electrons. The van der Waals surface area contributed by atoms with E-state index in [-0.39, 0.29) is 24.9 Å². The van der Waals surface area contributed by atoms with E-state index in [9.17, 15) is 9.59 Å². The summed E-state index contributed by atoms with van der Waals surface area (Å²) in [6.07, 6.45) is 1.68. The average molecular weight is 372 g/mol. The minimum absolute atomic E-state index is 0.0771. The number of halogens is 1. The van der Waals surface area contributed by atoms with Crippen LogP contribution in [0.5, 0.6) is 0 Å². The molecule has 0 heterocycles. The summed E-state index contributed by atoms with van der Waals surface area (Å²) in [5.41, 5.74) is 1.35. The van der Waals surface area contributed by atoms with Gasteiger partial charge in [-0.25, -0.2) is 0 Å². The van der Waals surface area contributed by atoms with Gasteiger partial charge in [0.1, 0.15) is 0 Å². The molecule has 0 aromatic heterocycles. The van der Waals surface area contributed by atoms with Gasteiger partial charge in [0.05, 0.1) is 23.8 Å². The number of para-hydroxylation sites is 2. The van der Waals surface area contributed by atoms with E-state index < -0.39 is 0 Å². The van der Waals surface area contributed by atoms with Crippen molar-refractivity contribution in [2.45, 2.75) is 0 Å². The third kappa shape index (κ3) is 5.72. The Morgan fingerprint density at radius 2 is 1.73 bits per heavy atom. The quantitative estimate of drug-likeness (QED) is 0.723. The minimum atomic E-state index is -0.233. The van der Waals surface area contributed by atoms with E-state index in [0.29, 0.717) is 17.3 Å². The summed E-state index contributed by atoms with van der Waals surface area (Å²) in [6.45, 7) is 4.30. The van der Waals surface area contributed by atoms with Gasteiger partial charge >= 0.3 is 0 Å². The van der Waals surface area contributed by atoms with Gasteiger partial charge in [-0.05, 0) is 31.3 Å². The maximum absolute atomic E-state index is 12.6. The van der Waals surface area contributed by atoms with Crippen LogP contribution in [-0.2, 0) is 9.59 Å². The van der Waals surface area contributed by atoms with Gasteiger partial charge in [0.25, 0.3) is 0 Å². The van der Waals surface area contributed by atoms with Crippen LogP contribution in [0.15, 0.2) is 67.3 Å². The number of nitrogens with one attached hydrogen (secondary N) is 1. The standard InChI is InChI=1S/C20H22ClN3O2/c1-3-13-24(16-9-5-4-6-10-16)20(26)15-23(2)14-19(25)22-18-12-8-7-11-17(18)21/h3-12H,1,13-15H2,2H3,(H,22,25). The molecule has 0 atom stereocenters. The predicted octanol–water partition coefficient (Wildman–Crippen LogP) is 3.43. The van der Waals surface area contributed by atoms with E-state index in [2.05, 4.69) is 11.9 Å². The van der Waals surface area contributed by atoms with E-state index in [0.717, 1.165) is 5.69 Å². The second-order valence-corrected chi connectivity index (χ2v) is 6.24. The first kappa shape index (κ1) is 19.7. The molecule has 26 heavy (non-hydrogen) atoms. The molecule has 0 saturated heterocycles. The monoisotopic (exact) mass is 371 g/mol. The molecule has 0 aliphatic rings. The number of carbonyl (C=O) groups excluding carboxylic acids is 2. The van der Waals surface area contributed by atoms with Gasteiger partial charge in [-0.3, -0.25) is 14.5 Å². The van der Waals surface area contributed by atoms with Crippen LogP contribution in [0.3, 0.4) is 0 Å². The van der Waals surface area contributed by atoms with E-state index in [1.54, 1.807) is 47.2 Å². The number of hydrogen-bond acceptors (Lipinski definition) is 3. The van der Waals surface area contributed by atoms with Crippen molar-refractivity contribution < 1.29 is 9.59 Å². The molecule has 2 rings (SSSR count). The number of rotatable bonds is 8. The summed E-state index contributed by atoms with van der Waals surface area (Å²) in [5, 5.41) is 3.22. The maximum atomic E-state index is 12.6. The number of carbonyl (C=O) groups is 2. The second kappa shape index (κ2) is 9.75. The molecular weight excluding hydrogens is 350 g/mol. The van der Waals surface area contributed by atoms with Crippen molar-refractivity contribution in [1.82, 2.24) is 4.90 Å². The van der Waals surface area contributed by atoms with Crippen LogP contribution in [0.1, 0.15) is 0 Å². The number of hydrogen-bond donors (Lipinski definition) is 1. The number of amides is 2. The molecule has 5 nitrogen and oxygen atoms in total. The highest BCUT2D eigenvalue weighted by Crippen LogP contribution is 2.20. The zero-order valence-corrected chi connectivity index (χ0v) is 15.4. The Morgan fingerprint density at radius 3 is 2.38 bits per heavy atom. The summed E-state index contributed by atoms with van der Waals surface area (Å²) >= 11 is 6.03. The van der Waals surface area contributed by atoms with Gasteiger partial charge < -0.3 is 10.2 Å². The fraction of sp³-hybridized carbons (Fsp3) is 0.200. The molecular formula is C20H22ClN3O2. The van der Waals surface area contributed by atoms with Crippen LogP contribution in [0, 0.1) is 0 Å². The van der Waals surface area contributed by atoms with Crippen LogP contribution in [-0.4, -0.2) is 43.4 Å². The summed E-state index contributed by atoms with van der Waals surface area (Å²) in [4.78, 5) is 28.1. The molecule has 2 aromatic carbocycles. The third-order valence-corrected chi connectivity index (χ3v) is 3.98. The summed E-state index contributed by atoms with van der Waals surface area (Å²) in [7, 11) is 1.72. The summed E-state index contributed by atoms with van der Waals surface area (Å²) in [5.74, 6) is -0.340. The first-order chi connectivity index (χ1) is 12.5. The van der Waals surface area contributed by atoms with Crippen molar-refractivity contribution in [1.29, 1.82) is 0 Å². The van der Waals surface area contributed by atoms with E-state index >= 15 is 0 Å². The Labute approximate surface area is 158 Å². The Balaban J connectivity index is 1.94. The van der Waals surface area contributed by atoms with Gasteiger partial charge in [0.2, 0.25) is 11.8 Å². The van der Waals surface area contributed by atoms with Crippen molar-refractivity contribution in [2.24, 2.45) is 0 Å². The van der Waals surface area contributed by atoms with Crippen LogP contribution >= 0.6 is 11.6 Å². The first-order valence-corrected chi connectivity index (χ1v) is 8.58. The topological polar surface area (TPSA) is 52.7 Å². The molecule has 0 bridgehead atoms. The fourth-order valence-electron chi connectivity index (χ4n) is 2.46. The smallest absolute Gasteiger partial charge is 0.241 e. The number of anilines is 2. The normalized spacial score (nSPS) is 10.4. The molecule has 6 heteroatoms. The zero-order chi connectivity index (χ0) is 18.9. The van der Waals surface area contributed by atoms with Gasteiger partial charge in [-0.1, -0.05) is 48.0 Å². The zero-order valence-electron chi connectivity index (χ0n) is 14.7.